The Balaban J connectivity index is 1.25. The van der Waals surface area contributed by atoms with Gasteiger partial charge in [0.05, 0.1) is 25.8 Å². The molecule has 1 aliphatic heterocycles. The number of aromatic hydroxyl groups is 1. The number of fused-ring (bicyclic) bond motifs is 2. The lowest BCUT2D eigenvalue weighted by molar-refractivity contribution is -0.183. The van der Waals surface area contributed by atoms with Crippen molar-refractivity contribution in [1.29, 1.82) is 0 Å². The molecule has 4 fully saturated rings. The number of aliphatic hydroxyl groups is 2. The molecule has 2 aromatic rings. The first-order valence-electron chi connectivity index (χ1n) is 15.2. The second-order valence-electron chi connectivity index (χ2n) is 13.0. The van der Waals surface area contributed by atoms with Crippen LogP contribution in [0, 0.1) is 40.9 Å². The minimum absolute atomic E-state index is 0.0714. The molecule has 9 nitrogen and oxygen atoms in total. The van der Waals surface area contributed by atoms with Crippen molar-refractivity contribution < 1.29 is 29.7 Å². The third-order valence-electron chi connectivity index (χ3n) is 10.0. The van der Waals surface area contributed by atoms with Gasteiger partial charge in [-0.05, 0) is 84.9 Å². The minimum Gasteiger partial charge on any atom is -0.508 e. The van der Waals surface area contributed by atoms with E-state index in [0.717, 1.165) is 17.5 Å². The van der Waals surface area contributed by atoms with E-state index in [1.54, 1.807) is 12.0 Å². The molecule has 230 valence electrons. The summed E-state index contributed by atoms with van der Waals surface area (Å²) in [5.74, 6) is 6.59. The summed E-state index contributed by atoms with van der Waals surface area (Å²) in [6.07, 6.45) is 0.602. The molecule has 0 aromatic heterocycles. The van der Waals surface area contributed by atoms with Crippen LogP contribution in [0.4, 0.5) is 0 Å². The third kappa shape index (κ3) is 6.43. The molecule has 1 saturated heterocycles. The Labute approximate surface area is 253 Å². The van der Waals surface area contributed by atoms with E-state index in [2.05, 4.69) is 43.2 Å². The Morgan fingerprint density at radius 2 is 1.91 bits per heavy atom. The van der Waals surface area contributed by atoms with E-state index in [1.807, 2.05) is 24.3 Å². The van der Waals surface area contributed by atoms with Gasteiger partial charge in [-0.3, -0.25) is 14.4 Å². The normalized spacial score (nSPS) is 30.0. The molecule has 1 heterocycles. The molecule has 2 amide bonds. The SMILES string of the molecule is C[C@@H]1[C@@H](NC(=O)[C@@H]2[C@H]([C@H](C)O)[C@H](CO)ON2Cc2cccc(C#CCNC(=O)c3ccc(O)cc3)c2)C[C@H]2C[C@@H]1C2(C)C. The number of hydrogen-bond donors (Lipinski definition) is 5. The molecule has 3 saturated carbocycles. The highest BCUT2D eigenvalue weighted by atomic mass is 16.7. The van der Waals surface area contributed by atoms with Gasteiger partial charge in [-0.1, -0.05) is 44.7 Å². The highest BCUT2D eigenvalue weighted by Crippen LogP contribution is 2.61. The first kappa shape index (κ1) is 31.0. The van der Waals surface area contributed by atoms with Gasteiger partial charge in [-0.25, -0.2) is 0 Å². The van der Waals surface area contributed by atoms with Crippen LogP contribution < -0.4 is 10.6 Å². The van der Waals surface area contributed by atoms with E-state index in [-0.39, 0.29) is 43.3 Å². The number of rotatable bonds is 8. The van der Waals surface area contributed by atoms with Crippen molar-refractivity contribution in [2.45, 2.75) is 71.4 Å². The van der Waals surface area contributed by atoms with Gasteiger partial charge in [-0.2, -0.15) is 5.06 Å². The van der Waals surface area contributed by atoms with Crippen LogP contribution in [0.2, 0.25) is 0 Å². The smallest absolute Gasteiger partial charge is 0.252 e. The summed E-state index contributed by atoms with van der Waals surface area (Å²) >= 11 is 0. The van der Waals surface area contributed by atoms with Crippen LogP contribution in [0.3, 0.4) is 0 Å². The Bertz CT molecular complexity index is 1380. The number of nitrogens with zero attached hydrogens (tertiary/aromatic N) is 1. The van der Waals surface area contributed by atoms with Crippen LogP contribution in [-0.2, 0) is 16.2 Å². The lowest BCUT2D eigenvalue weighted by Crippen LogP contribution is -2.62. The highest BCUT2D eigenvalue weighted by molar-refractivity contribution is 5.94. The maximum atomic E-state index is 13.8. The molecule has 4 aliphatic rings. The van der Waals surface area contributed by atoms with Crippen molar-refractivity contribution in [2.24, 2.45) is 29.1 Å². The summed E-state index contributed by atoms with van der Waals surface area (Å²) in [5, 5.41) is 37.8. The number of carbonyl (C=O) groups excluding carboxylic acids is 2. The number of phenolic OH excluding ortho intramolecular Hbond substituents is 1. The molecule has 0 radical (unpaired) electrons. The molecule has 43 heavy (non-hydrogen) atoms. The minimum atomic E-state index is -0.858. The van der Waals surface area contributed by atoms with Crippen molar-refractivity contribution in [3.05, 3.63) is 65.2 Å². The van der Waals surface area contributed by atoms with Gasteiger partial charge in [0.15, 0.2) is 0 Å². The number of nitrogens with one attached hydrogen (secondary N) is 2. The predicted octanol–water partition coefficient (Wildman–Crippen LogP) is 2.83. The van der Waals surface area contributed by atoms with E-state index in [9.17, 15) is 24.9 Å². The summed E-state index contributed by atoms with van der Waals surface area (Å²) in [7, 11) is 0. The van der Waals surface area contributed by atoms with Gasteiger partial charge in [0.2, 0.25) is 5.91 Å². The quantitative estimate of drug-likeness (QED) is 0.299. The third-order valence-corrected chi connectivity index (χ3v) is 10.0. The molecule has 0 unspecified atom stereocenters. The van der Waals surface area contributed by atoms with E-state index < -0.39 is 24.2 Å². The Hall–Kier alpha value is -3.42. The standard InChI is InChI=1S/C34H43N3O6/c1-20-27-16-25(34(27,3)4)17-28(20)36-33(42)31-30(21(2)39)29(19-38)43-37(31)18-23-8-5-7-22(15-23)9-6-14-35-32(41)24-10-12-26(40)13-11-24/h5,7-8,10-13,15,20-21,25,27-31,38-40H,14,16-19H2,1-4H3,(H,35,41)(H,36,42)/t20-,21-,25+,27-,28-,29-,30+,31-/m0/s1. The van der Waals surface area contributed by atoms with Crippen molar-refractivity contribution in [1.82, 2.24) is 15.7 Å². The number of amides is 2. The van der Waals surface area contributed by atoms with Gasteiger partial charge in [0.25, 0.3) is 5.91 Å². The summed E-state index contributed by atoms with van der Waals surface area (Å²) < 4.78 is 0. The molecule has 2 aromatic carbocycles. The zero-order chi connectivity index (χ0) is 30.9. The topological polar surface area (TPSA) is 131 Å². The highest BCUT2D eigenvalue weighted by Gasteiger charge is 2.57. The van der Waals surface area contributed by atoms with Gasteiger partial charge in [0, 0.05) is 23.1 Å². The Morgan fingerprint density at radius 1 is 1.16 bits per heavy atom. The van der Waals surface area contributed by atoms with Crippen LogP contribution in [-0.4, -0.2) is 69.6 Å². The molecule has 0 spiro atoms. The number of hydroxylamine groups is 2. The molecular formula is C34H43N3O6. The summed E-state index contributed by atoms with van der Waals surface area (Å²) in [6.45, 7) is 8.62. The molecule has 9 heteroatoms. The van der Waals surface area contributed by atoms with Crippen molar-refractivity contribution >= 4 is 11.8 Å². The fourth-order valence-corrected chi connectivity index (χ4v) is 7.40. The maximum Gasteiger partial charge on any atom is 0.252 e. The Kier molecular flexibility index (Phi) is 9.14. The second kappa shape index (κ2) is 12.7. The zero-order valence-corrected chi connectivity index (χ0v) is 25.3. The van der Waals surface area contributed by atoms with Gasteiger partial charge in [0.1, 0.15) is 17.9 Å². The lowest BCUT2D eigenvalue weighted by atomic mass is 9.45. The molecule has 6 rings (SSSR count). The number of phenols is 1. The second-order valence-corrected chi connectivity index (χ2v) is 13.0. The van der Waals surface area contributed by atoms with Crippen LogP contribution in [0.15, 0.2) is 48.5 Å². The number of carbonyl (C=O) groups is 2. The molecule has 8 atom stereocenters. The average molecular weight is 590 g/mol. The predicted molar refractivity (Wildman–Crippen MR) is 161 cm³/mol. The van der Waals surface area contributed by atoms with Gasteiger partial charge in [-0.15, -0.1) is 0 Å². The largest absolute Gasteiger partial charge is 0.508 e. The van der Waals surface area contributed by atoms with Crippen LogP contribution in [0.25, 0.3) is 0 Å². The zero-order valence-electron chi connectivity index (χ0n) is 25.3. The van der Waals surface area contributed by atoms with E-state index >= 15 is 0 Å². The maximum absolute atomic E-state index is 13.8. The lowest BCUT2D eigenvalue weighted by Gasteiger charge is -2.62. The fraction of sp³-hybridized carbons (Fsp3) is 0.529. The molecular weight excluding hydrogens is 546 g/mol. The van der Waals surface area contributed by atoms with Crippen LogP contribution in [0.1, 0.15) is 62.0 Å². The number of hydrogen-bond acceptors (Lipinski definition) is 7. The molecule has 5 N–H and O–H groups in total. The monoisotopic (exact) mass is 589 g/mol. The van der Waals surface area contributed by atoms with Crippen molar-refractivity contribution in [3.63, 3.8) is 0 Å². The van der Waals surface area contributed by atoms with E-state index in [0.29, 0.717) is 28.7 Å². The van der Waals surface area contributed by atoms with Crippen molar-refractivity contribution in [3.8, 4) is 17.6 Å². The molecule has 2 bridgehead atoms. The fourth-order valence-electron chi connectivity index (χ4n) is 7.40. The first-order chi connectivity index (χ1) is 20.5. The number of benzene rings is 2. The van der Waals surface area contributed by atoms with Gasteiger partial charge >= 0.3 is 0 Å². The average Bonchev–Trinajstić information content (AvgIpc) is 3.35. The number of aliphatic hydroxyl groups excluding tert-OH is 2. The van der Waals surface area contributed by atoms with Crippen LogP contribution in [0.5, 0.6) is 5.75 Å². The van der Waals surface area contributed by atoms with Gasteiger partial charge < -0.3 is 26.0 Å². The van der Waals surface area contributed by atoms with Crippen LogP contribution >= 0.6 is 0 Å². The van der Waals surface area contributed by atoms with E-state index in [1.165, 1.54) is 30.7 Å². The summed E-state index contributed by atoms with van der Waals surface area (Å²) in [6, 6.07) is 12.8. The Morgan fingerprint density at radius 3 is 2.56 bits per heavy atom. The summed E-state index contributed by atoms with van der Waals surface area (Å²) in [5.41, 5.74) is 2.33. The first-order valence-corrected chi connectivity index (χ1v) is 15.2. The van der Waals surface area contributed by atoms with E-state index in [4.69, 9.17) is 4.84 Å². The molecule has 3 aliphatic carbocycles. The van der Waals surface area contributed by atoms with Crippen molar-refractivity contribution in [2.75, 3.05) is 13.2 Å². The summed E-state index contributed by atoms with van der Waals surface area (Å²) in [4.78, 5) is 32.2.